The van der Waals surface area contributed by atoms with Gasteiger partial charge in [0.25, 0.3) is 11.5 Å². The molecule has 10 nitrogen and oxygen atoms in total. The molecule has 40 heavy (non-hydrogen) atoms. The standard InChI is InChI=1S/C30H28N6O4/c1-19-27(29(38)36(21-7-5-4-6-8-21)35(19)18-30(2,3)39)28(37)34-26-12-10-22(17-33-26)40-25-13-14-32-24-15-20(16-31)9-11-23(24)25/h4-17,31,39H,18H2,1-3H3,(H,33,34,37). The highest BCUT2D eigenvalue weighted by Gasteiger charge is 2.27. The molecule has 0 saturated heterocycles. The van der Waals surface area contributed by atoms with Crippen LogP contribution in [0.2, 0.25) is 0 Å². The van der Waals surface area contributed by atoms with Gasteiger partial charge in [-0.1, -0.05) is 24.3 Å². The van der Waals surface area contributed by atoms with Crippen LogP contribution < -0.4 is 15.6 Å². The number of anilines is 1. The fourth-order valence-electron chi connectivity index (χ4n) is 4.43. The van der Waals surface area contributed by atoms with E-state index in [1.807, 2.05) is 18.2 Å². The van der Waals surface area contributed by atoms with E-state index in [4.69, 9.17) is 10.1 Å². The van der Waals surface area contributed by atoms with E-state index in [-0.39, 0.29) is 17.9 Å². The highest BCUT2D eigenvalue weighted by atomic mass is 16.5. The molecule has 0 aliphatic rings. The molecule has 3 aromatic heterocycles. The van der Waals surface area contributed by atoms with Gasteiger partial charge in [-0.05, 0) is 68.8 Å². The molecule has 5 rings (SSSR count). The summed E-state index contributed by atoms with van der Waals surface area (Å²) in [6.07, 6.45) is 4.36. The van der Waals surface area contributed by atoms with Crippen molar-refractivity contribution in [3.8, 4) is 17.2 Å². The second-order valence-corrected chi connectivity index (χ2v) is 9.95. The predicted octanol–water partition coefficient (Wildman–Crippen LogP) is 4.70. The molecule has 0 bridgehead atoms. The number of nitrogens with one attached hydrogen (secondary N) is 2. The summed E-state index contributed by atoms with van der Waals surface area (Å²) in [4.78, 5) is 35.4. The van der Waals surface area contributed by atoms with Crippen molar-refractivity contribution in [3.05, 3.63) is 106 Å². The smallest absolute Gasteiger partial charge is 0.284 e. The van der Waals surface area contributed by atoms with Gasteiger partial charge in [0.1, 0.15) is 22.9 Å². The molecular formula is C30H28N6O4. The molecule has 0 fully saturated rings. The largest absolute Gasteiger partial charge is 0.455 e. The molecule has 0 aliphatic carbocycles. The predicted molar refractivity (Wildman–Crippen MR) is 153 cm³/mol. The number of fused-ring (bicyclic) bond motifs is 1. The number of carbonyl (C=O) groups is 1. The van der Waals surface area contributed by atoms with Crippen molar-refractivity contribution in [3.63, 3.8) is 0 Å². The van der Waals surface area contributed by atoms with Crippen LogP contribution in [-0.4, -0.2) is 42.2 Å². The number of benzene rings is 2. The first-order valence-electron chi connectivity index (χ1n) is 12.6. The third-order valence-electron chi connectivity index (χ3n) is 6.26. The highest BCUT2D eigenvalue weighted by molar-refractivity contribution is 6.04. The van der Waals surface area contributed by atoms with E-state index in [0.717, 1.165) is 10.9 Å². The van der Waals surface area contributed by atoms with Gasteiger partial charge in [0.15, 0.2) is 0 Å². The lowest BCUT2D eigenvalue weighted by Crippen LogP contribution is -2.32. The highest BCUT2D eigenvalue weighted by Crippen LogP contribution is 2.29. The molecule has 0 saturated carbocycles. The number of amides is 1. The molecule has 0 atom stereocenters. The minimum Gasteiger partial charge on any atom is -0.455 e. The second-order valence-electron chi connectivity index (χ2n) is 9.95. The van der Waals surface area contributed by atoms with E-state index >= 15 is 0 Å². The number of rotatable bonds is 8. The summed E-state index contributed by atoms with van der Waals surface area (Å²) in [7, 11) is 0. The maximum atomic E-state index is 13.5. The number of aliphatic hydroxyl groups is 1. The van der Waals surface area contributed by atoms with Crippen molar-refractivity contribution in [2.75, 3.05) is 5.32 Å². The van der Waals surface area contributed by atoms with Gasteiger partial charge in [-0.25, -0.2) is 9.67 Å². The Kier molecular flexibility index (Phi) is 7.02. The molecule has 2 aromatic carbocycles. The molecule has 202 valence electrons. The molecule has 3 N–H and O–H groups in total. The van der Waals surface area contributed by atoms with Crippen molar-refractivity contribution >= 4 is 28.8 Å². The summed E-state index contributed by atoms with van der Waals surface area (Å²) in [6.45, 7) is 5.06. The Morgan fingerprint density at radius 3 is 2.55 bits per heavy atom. The molecule has 0 spiro atoms. The Morgan fingerprint density at radius 1 is 1.10 bits per heavy atom. The van der Waals surface area contributed by atoms with Crippen molar-refractivity contribution in [2.24, 2.45) is 0 Å². The van der Waals surface area contributed by atoms with Crippen molar-refractivity contribution < 1.29 is 14.6 Å². The summed E-state index contributed by atoms with van der Waals surface area (Å²) in [5, 5.41) is 21.4. The third-order valence-corrected chi connectivity index (χ3v) is 6.26. The van der Waals surface area contributed by atoms with Crippen molar-refractivity contribution in [2.45, 2.75) is 32.9 Å². The number of hydrogen-bond acceptors (Lipinski definition) is 7. The minimum atomic E-state index is -1.12. The summed E-state index contributed by atoms with van der Waals surface area (Å²) in [6, 6.07) is 19.4. The Balaban J connectivity index is 1.40. The topological polar surface area (TPSA) is 135 Å². The van der Waals surface area contributed by atoms with Gasteiger partial charge in [0, 0.05) is 17.8 Å². The van der Waals surface area contributed by atoms with E-state index in [2.05, 4.69) is 15.3 Å². The first-order valence-corrected chi connectivity index (χ1v) is 12.6. The normalized spacial score (nSPS) is 11.4. The first-order chi connectivity index (χ1) is 19.1. The van der Waals surface area contributed by atoms with Gasteiger partial charge in [-0.2, -0.15) is 0 Å². The molecule has 0 unspecified atom stereocenters. The zero-order valence-electron chi connectivity index (χ0n) is 22.3. The van der Waals surface area contributed by atoms with E-state index in [1.165, 1.54) is 17.1 Å². The molecular weight excluding hydrogens is 508 g/mol. The van der Waals surface area contributed by atoms with Gasteiger partial charge >= 0.3 is 0 Å². The Hall–Kier alpha value is -5.09. The maximum absolute atomic E-state index is 13.5. The zero-order chi connectivity index (χ0) is 28.4. The van der Waals surface area contributed by atoms with E-state index in [1.54, 1.807) is 80.2 Å². The SMILES string of the molecule is Cc1c(C(=O)Nc2ccc(Oc3ccnc4cc(C=N)ccc34)cn2)c(=O)n(-c2ccccc2)n1CC(C)(C)O. The zero-order valence-corrected chi connectivity index (χ0v) is 22.3. The summed E-state index contributed by atoms with van der Waals surface area (Å²) in [5.41, 5.74) is 0.771. The molecule has 5 aromatic rings. The van der Waals surface area contributed by atoms with Crippen LogP contribution >= 0.6 is 0 Å². The van der Waals surface area contributed by atoms with Crippen LogP contribution in [0.25, 0.3) is 16.6 Å². The van der Waals surface area contributed by atoms with Crippen LogP contribution in [0.5, 0.6) is 11.5 Å². The van der Waals surface area contributed by atoms with Crippen LogP contribution in [0.4, 0.5) is 5.82 Å². The number of hydrogen-bond donors (Lipinski definition) is 3. The van der Waals surface area contributed by atoms with Crippen LogP contribution in [0.15, 0.2) is 83.9 Å². The van der Waals surface area contributed by atoms with Gasteiger partial charge in [0.2, 0.25) is 0 Å². The van der Waals surface area contributed by atoms with Crippen LogP contribution in [0, 0.1) is 12.3 Å². The molecule has 10 heteroatoms. The lowest BCUT2D eigenvalue weighted by atomic mass is 10.1. The molecule has 0 aliphatic heterocycles. The summed E-state index contributed by atoms with van der Waals surface area (Å²) >= 11 is 0. The Bertz CT molecular complexity index is 1770. The minimum absolute atomic E-state index is 0.0391. The third kappa shape index (κ3) is 5.38. The van der Waals surface area contributed by atoms with Gasteiger partial charge in [-0.3, -0.25) is 19.3 Å². The quantitative estimate of drug-likeness (QED) is 0.246. The lowest BCUT2D eigenvalue weighted by Gasteiger charge is -2.22. The van der Waals surface area contributed by atoms with E-state index in [0.29, 0.717) is 28.4 Å². The lowest BCUT2D eigenvalue weighted by molar-refractivity contribution is 0.0546. The van der Waals surface area contributed by atoms with Crippen LogP contribution in [0.3, 0.4) is 0 Å². The Morgan fingerprint density at radius 2 is 1.88 bits per heavy atom. The Labute approximate surface area is 230 Å². The second kappa shape index (κ2) is 10.6. The number of carbonyl (C=O) groups excluding carboxylic acids is 1. The number of ether oxygens (including phenoxy) is 1. The maximum Gasteiger partial charge on any atom is 0.284 e. The van der Waals surface area contributed by atoms with E-state index in [9.17, 15) is 14.7 Å². The van der Waals surface area contributed by atoms with E-state index < -0.39 is 17.1 Å². The van der Waals surface area contributed by atoms with Gasteiger partial charge < -0.3 is 20.6 Å². The molecule has 0 radical (unpaired) electrons. The monoisotopic (exact) mass is 536 g/mol. The van der Waals surface area contributed by atoms with Crippen LogP contribution in [0.1, 0.15) is 35.5 Å². The fraction of sp³-hybridized carbons (Fsp3) is 0.167. The van der Waals surface area contributed by atoms with Crippen LogP contribution in [-0.2, 0) is 6.54 Å². The summed E-state index contributed by atoms with van der Waals surface area (Å²) in [5.74, 6) is 0.656. The average Bonchev–Trinajstić information content (AvgIpc) is 3.17. The van der Waals surface area contributed by atoms with Crippen molar-refractivity contribution in [1.29, 1.82) is 5.41 Å². The number of aromatic nitrogens is 4. The average molecular weight is 537 g/mol. The summed E-state index contributed by atoms with van der Waals surface area (Å²) < 4.78 is 9.02. The molecule has 3 heterocycles. The number of nitrogens with zero attached hydrogens (tertiary/aromatic N) is 4. The first kappa shape index (κ1) is 26.5. The fourth-order valence-corrected chi connectivity index (χ4v) is 4.43. The molecule has 1 amide bonds. The number of pyridine rings is 2. The van der Waals surface area contributed by atoms with Gasteiger partial charge in [0.05, 0.1) is 35.2 Å². The van der Waals surface area contributed by atoms with Crippen molar-refractivity contribution in [1.82, 2.24) is 19.3 Å². The number of para-hydroxylation sites is 1. The van der Waals surface area contributed by atoms with Gasteiger partial charge in [-0.15, -0.1) is 0 Å².